The zero-order chi connectivity index (χ0) is 12.5. The number of ether oxygens (including phenoxy) is 1. The van der Waals surface area contributed by atoms with E-state index in [0.29, 0.717) is 23.5 Å². The van der Waals surface area contributed by atoms with Crippen LogP contribution < -0.4 is 5.73 Å². The largest absolute Gasteiger partial charge is 0.377 e. The molecule has 2 fully saturated rings. The Hall–Kier alpha value is -0.120. The highest BCUT2D eigenvalue weighted by Crippen LogP contribution is 2.40. The number of hydrogen-bond acceptors (Lipinski definition) is 3. The fraction of sp³-hybridized carbons (Fsp3) is 1.00. The van der Waals surface area contributed by atoms with Crippen molar-refractivity contribution >= 4 is 0 Å². The third-order valence-corrected chi connectivity index (χ3v) is 4.60. The third kappa shape index (κ3) is 3.21. The first-order valence-corrected chi connectivity index (χ1v) is 7.08. The van der Waals surface area contributed by atoms with Crippen molar-refractivity contribution in [3.63, 3.8) is 0 Å². The molecule has 3 nitrogen and oxygen atoms in total. The second-order valence-corrected chi connectivity index (χ2v) is 6.61. The summed E-state index contributed by atoms with van der Waals surface area (Å²) in [5, 5.41) is 0. The molecule has 1 aliphatic carbocycles. The molecule has 1 saturated carbocycles. The van der Waals surface area contributed by atoms with Crippen molar-refractivity contribution in [2.45, 2.75) is 52.2 Å². The maximum absolute atomic E-state index is 6.39. The third-order valence-electron chi connectivity index (χ3n) is 4.60. The molecule has 1 saturated heterocycles. The van der Waals surface area contributed by atoms with E-state index in [1.165, 1.54) is 19.4 Å². The van der Waals surface area contributed by atoms with Gasteiger partial charge in [0.15, 0.2) is 0 Å². The normalized spacial score (nSPS) is 39.2. The zero-order valence-electron chi connectivity index (χ0n) is 11.6. The molecular formula is C14H28N2O. The highest BCUT2D eigenvalue weighted by Gasteiger charge is 2.39. The summed E-state index contributed by atoms with van der Waals surface area (Å²) in [4.78, 5) is 2.56. The Morgan fingerprint density at radius 3 is 2.82 bits per heavy atom. The Morgan fingerprint density at radius 2 is 2.18 bits per heavy atom. The van der Waals surface area contributed by atoms with E-state index in [1.54, 1.807) is 0 Å². The molecule has 1 heterocycles. The van der Waals surface area contributed by atoms with Crippen molar-refractivity contribution in [2.75, 3.05) is 26.2 Å². The van der Waals surface area contributed by atoms with E-state index in [2.05, 4.69) is 25.7 Å². The molecule has 3 unspecified atom stereocenters. The first kappa shape index (κ1) is 13.3. The van der Waals surface area contributed by atoms with Crippen molar-refractivity contribution in [1.82, 2.24) is 4.90 Å². The van der Waals surface area contributed by atoms with Gasteiger partial charge < -0.3 is 15.4 Å². The average Bonchev–Trinajstić information content (AvgIpc) is 2.44. The minimum absolute atomic E-state index is 0.332. The fourth-order valence-electron chi connectivity index (χ4n) is 3.32. The van der Waals surface area contributed by atoms with Crippen molar-refractivity contribution in [2.24, 2.45) is 17.1 Å². The van der Waals surface area contributed by atoms with Crippen LogP contribution in [0.5, 0.6) is 0 Å². The van der Waals surface area contributed by atoms with E-state index in [9.17, 15) is 0 Å². The average molecular weight is 240 g/mol. The van der Waals surface area contributed by atoms with Crippen LogP contribution in [0.2, 0.25) is 0 Å². The minimum atomic E-state index is 0.332. The Kier molecular flexibility index (Phi) is 4.11. The van der Waals surface area contributed by atoms with Crippen LogP contribution in [0.1, 0.15) is 40.0 Å². The Morgan fingerprint density at radius 1 is 1.41 bits per heavy atom. The highest BCUT2D eigenvalue weighted by molar-refractivity contribution is 4.95. The second kappa shape index (κ2) is 5.25. The highest BCUT2D eigenvalue weighted by atomic mass is 16.5. The molecule has 2 N–H and O–H groups in total. The van der Waals surface area contributed by atoms with E-state index < -0.39 is 0 Å². The van der Waals surface area contributed by atoms with Crippen LogP contribution >= 0.6 is 0 Å². The zero-order valence-corrected chi connectivity index (χ0v) is 11.6. The first-order valence-electron chi connectivity index (χ1n) is 7.08. The lowest BCUT2D eigenvalue weighted by Crippen LogP contribution is -2.43. The molecule has 2 aliphatic rings. The van der Waals surface area contributed by atoms with Crippen molar-refractivity contribution in [3.8, 4) is 0 Å². The van der Waals surface area contributed by atoms with Crippen molar-refractivity contribution in [3.05, 3.63) is 0 Å². The lowest BCUT2D eigenvalue weighted by atomic mass is 9.85. The first-order chi connectivity index (χ1) is 7.99. The van der Waals surface area contributed by atoms with Crippen LogP contribution in [0.15, 0.2) is 0 Å². The maximum Gasteiger partial charge on any atom is 0.0673 e. The molecule has 17 heavy (non-hydrogen) atoms. The van der Waals surface area contributed by atoms with Crippen LogP contribution in [0.4, 0.5) is 0 Å². The predicted molar refractivity (Wildman–Crippen MR) is 71.0 cm³/mol. The molecular weight excluding hydrogens is 212 g/mol. The molecule has 0 radical (unpaired) electrons. The molecule has 0 aromatic heterocycles. The van der Waals surface area contributed by atoms with Gasteiger partial charge in [0.1, 0.15) is 0 Å². The van der Waals surface area contributed by atoms with Gasteiger partial charge in [0.25, 0.3) is 0 Å². The van der Waals surface area contributed by atoms with Crippen molar-refractivity contribution in [1.29, 1.82) is 0 Å². The molecule has 0 aromatic carbocycles. The van der Waals surface area contributed by atoms with Crippen molar-refractivity contribution < 1.29 is 4.74 Å². The second-order valence-electron chi connectivity index (χ2n) is 6.61. The molecule has 100 valence electrons. The quantitative estimate of drug-likeness (QED) is 0.800. The van der Waals surface area contributed by atoms with E-state index in [0.717, 1.165) is 26.1 Å². The SMILES string of the molecule is CC1CN(CC2CCC(C)(C)C2N)CCCO1. The predicted octanol–water partition coefficient (Wildman–Crippen LogP) is 1.86. The number of rotatable bonds is 2. The summed E-state index contributed by atoms with van der Waals surface area (Å²) in [6, 6.07) is 0.363. The number of hydrogen-bond donors (Lipinski definition) is 1. The molecule has 0 spiro atoms. The lowest BCUT2D eigenvalue weighted by molar-refractivity contribution is 0.0648. The van der Waals surface area contributed by atoms with Crippen LogP contribution in [0.3, 0.4) is 0 Å². The summed E-state index contributed by atoms with van der Waals surface area (Å²) >= 11 is 0. The molecule has 0 aromatic rings. The Labute approximate surface area is 106 Å². The van der Waals surface area contributed by atoms with Gasteiger partial charge in [-0.1, -0.05) is 13.8 Å². The summed E-state index contributed by atoms with van der Waals surface area (Å²) in [6.45, 7) is 11.1. The summed E-state index contributed by atoms with van der Waals surface area (Å²) in [5.74, 6) is 0.676. The van der Waals surface area contributed by atoms with E-state index in [1.807, 2.05) is 0 Å². The van der Waals surface area contributed by atoms with E-state index >= 15 is 0 Å². The van der Waals surface area contributed by atoms with Gasteiger partial charge in [0.2, 0.25) is 0 Å². The molecule has 3 atom stereocenters. The van der Waals surface area contributed by atoms with Crippen LogP contribution in [-0.4, -0.2) is 43.3 Å². The number of nitrogens with two attached hydrogens (primary N) is 1. The van der Waals surface area contributed by atoms with Gasteiger partial charge in [-0.3, -0.25) is 0 Å². The lowest BCUT2D eigenvalue weighted by Gasteiger charge is -2.31. The molecule has 2 rings (SSSR count). The van der Waals surface area contributed by atoms with Gasteiger partial charge in [0.05, 0.1) is 6.10 Å². The van der Waals surface area contributed by atoms with E-state index in [-0.39, 0.29) is 0 Å². The summed E-state index contributed by atoms with van der Waals surface area (Å²) < 4.78 is 5.69. The number of nitrogens with zero attached hydrogens (tertiary/aromatic N) is 1. The van der Waals surface area contributed by atoms with Gasteiger partial charge in [-0.15, -0.1) is 0 Å². The molecule has 0 bridgehead atoms. The van der Waals surface area contributed by atoms with E-state index in [4.69, 9.17) is 10.5 Å². The van der Waals surface area contributed by atoms with Gasteiger partial charge in [-0.2, -0.15) is 0 Å². The minimum Gasteiger partial charge on any atom is -0.377 e. The summed E-state index contributed by atoms with van der Waals surface area (Å²) in [7, 11) is 0. The molecule has 0 amide bonds. The summed E-state index contributed by atoms with van der Waals surface area (Å²) in [5.41, 5.74) is 6.72. The van der Waals surface area contributed by atoms with Gasteiger partial charge in [-0.25, -0.2) is 0 Å². The fourth-order valence-corrected chi connectivity index (χ4v) is 3.32. The van der Waals surface area contributed by atoms with Gasteiger partial charge in [0, 0.05) is 32.3 Å². The van der Waals surface area contributed by atoms with Crippen LogP contribution in [0, 0.1) is 11.3 Å². The van der Waals surface area contributed by atoms with Crippen LogP contribution in [0.25, 0.3) is 0 Å². The van der Waals surface area contributed by atoms with Gasteiger partial charge in [-0.05, 0) is 37.5 Å². The smallest absolute Gasteiger partial charge is 0.0673 e. The maximum atomic E-state index is 6.39. The Bertz CT molecular complexity index is 255. The van der Waals surface area contributed by atoms with Gasteiger partial charge >= 0.3 is 0 Å². The summed E-state index contributed by atoms with van der Waals surface area (Å²) in [6.07, 6.45) is 4.11. The molecule has 3 heteroatoms. The molecule has 1 aliphatic heterocycles. The monoisotopic (exact) mass is 240 g/mol. The van der Waals surface area contributed by atoms with Crippen LogP contribution in [-0.2, 0) is 4.74 Å². The Balaban J connectivity index is 1.88. The topological polar surface area (TPSA) is 38.5 Å². The standard InChI is InChI=1S/C14H28N2O/c1-11-9-16(7-4-8-17-11)10-12-5-6-14(2,3)13(12)15/h11-13H,4-10,15H2,1-3H3.